The van der Waals surface area contributed by atoms with E-state index in [1.807, 2.05) is 5.38 Å². The van der Waals surface area contributed by atoms with Gasteiger partial charge in [-0.15, -0.1) is 11.3 Å². The molecule has 1 aliphatic carbocycles. The third-order valence-corrected chi connectivity index (χ3v) is 6.05. The molecule has 2 aromatic rings. The van der Waals surface area contributed by atoms with Crippen LogP contribution >= 0.6 is 11.3 Å². The van der Waals surface area contributed by atoms with E-state index in [1.54, 1.807) is 36.4 Å². The van der Waals surface area contributed by atoms with Crippen molar-refractivity contribution >= 4 is 34.8 Å². The van der Waals surface area contributed by atoms with Crippen LogP contribution in [0.1, 0.15) is 52.6 Å². The monoisotopic (exact) mass is 400 g/mol. The van der Waals surface area contributed by atoms with Gasteiger partial charge in [0.15, 0.2) is 0 Å². The van der Waals surface area contributed by atoms with Crippen LogP contribution in [0.5, 0.6) is 0 Å². The van der Waals surface area contributed by atoms with Crippen LogP contribution in [0.15, 0.2) is 41.8 Å². The Labute approximate surface area is 168 Å². The lowest BCUT2D eigenvalue weighted by Gasteiger charge is -2.37. The molecule has 6 nitrogen and oxygen atoms in total. The SMILES string of the molecule is COC(=O)C1(NC(=O)c2cccc(NC(=O)c3cccs3)c2)CCC(C)CC1. The fraction of sp³-hybridized carbons (Fsp3) is 0.381. The maximum absolute atomic E-state index is 12.9. The molecule has 28 heavy (non-hydrogen) atoms. The van der Waals surface area contributed by atoms with Crippen LogP contribution in [-0.2, 0) is 9.53 Å². The van der Waals surface area contributed by atoms with Gasteiger partial charge in [0.05, 0.1) is 12.0 Å². The Balaban J connectivity index is 1.74. The summed E-state index contributed by atoms with van der Waals surface area (Å²) in [4.78, 5) is 38.1. The van der Waals surface area contributed by atoms with Crippen LogP contribution in [0.4, 0.5) is 5.69 Å². The van der Waals surface area contributed by atoms with Gasteiger partial charge in [-0.1, -0.05) is 19.1 Å². The summed E-state index contributed by atoms with van der Waals surface area (Å²) in [6, 6.07) is 10.2. The van der Waals surface area contributed by atoms with E-state index in [-0.39, 0.29) is 11.8 Å². The molecule has 1 heterocycles. The minimum atomic E-state index is -0.992. The number of thiophene rings is 1. The predicted octanol–water partition coefficient (Wildman–Crippen LogP) is 3.85. The number of ether oxygens (including phenoxy) is 1. The predicted molar refractivity (Wildman–Crippen MR) is 109 cm³/mol. The number of rotatable bonds is 5. The maximum Gasteiger partial charge on any atom is 0.331 e. The van der Waals surface area contributed by atoms with Crippen LogP contribution in [-0.4, -0.2) is 30.4 Å². The van der Waals surface area contributed by atoms with Crippen molar-refractivity contribution in [2.75, 3.05) is 12.4 Å². The maximum atomic E-state index is 12.9. The van der Waals surface area contributed by atoms with Gasteiger partial charge < -0.3 is 15.4 Å². The number of carbonyl (C=O) groups is 3. The number of hydrogen-bond donors (Lipinski definition) is 2. The van der Waals surface area contributed by atoms with Crippen molar-refractivity contribution in [3.05, 3.63) is 52.2 Å². The Morgan fingerprint density at radius 1 is 1.11 bits per heavy atom. The molecule has 7 heteroatoms. The van der Waals surface area contributed by atoms with E-state index in [0.29, 0.717) is 34.9 Å². The summed E-state index contributed by atoms with van der Waals surface area (Å²) in [5.74, 6) is -0.465. The van der Waals surface area contributed by atoms with Gasteiger partial charge in [-0.2, -0.15) is 0 Å². The van der Waals surface area contributed by atoms with Crippen molar-refractivity contribution < 1.29 is 19.1 Å². The average Bonchev–Trinajstić information content (AvgIpc) is 3.24. The number of nitrogens with one attached hydrogen (secondary N) is 2. The van der Waals surface area contributed by atoms with Crippen molar-refractivity contribution in [2.45, 2.75) is 38.1 Å². The zero-order valence-corrected chi connectivity index (χ0v) is 16.8. The summed E-state index contributed by atoms with van der Waals surface area (Å²) in [6.07, 6.45) is 2.82. The van der Waals surface area contributed by atoms with Crippen LogP contribution in [0.3, 0.4) is 0 Å². The number of carbonyl (C=O) groups excluding carboxylic acids is 3. The smallest absolute Gasteiger partial charge is 0.331 e. The molecule has 0 spiro atoms. The second kappa shape index (κ2) is 8.56. The molecule has 2 amide bonds. The van der Waals surface area contributed by atoms with Crippen molar-refractivity contribution in [1.82, 2.24) is 5.32 Å². The first-order valence-corrected chi connectivity index (χ1v) is 10.2. The Bertz CT molecular complexity index is 855. The molecule has 1 aromatic carbocycles. The highest BCUT2D eigenvalue weighted by molar-refractivity contribution is 7.12. The van der Waals surface area contributed by atoms with E-state index >= 15 is 0 Å². The molecule has 1 saturated carbocycles. The topological polar surface area (TPSA) is 84.5 Å². The fourth-order valence-electron chi connectivity index (χ4n) is 3.46. The number of hydrogen-bond acceptors (Lipinski definition) is 5. The first-order chi connectivity index (χ1) is 13.4. The largest absolute Gasteiger partial charge is 0.467 e. The van der Waals surface area contributed by atoms with Crippen LogP contribution in [0.25, 0.3) is 0 Å². The summed E-state index contributed by atoms with van der Waals surface area (Å²) < 4.78 is 4.97. The first kappa shape index (κ1) is 20.1. The van der Waals surface area contributed by atoms with Gasteiger partial charge in [-0.25, -0.2) is 4.79 Å². The number of anilines is 1. The molecule has 0 radical (unpaired) electrons. The van der Waals surface area contributed by atoms with Gasteiger partial charge in [0, 0.05) is 11.3 Å². The number of benzene rings is 1. The van der Waals surface area contributed by atoms with Gasteiger partial charge in [-0.05, 0) is 61.2 Å². The lowest BCUT2D eigenvalue weighted by molar-refractivity contribution is -0.150. The van der Waals surface area contributed by atoms with Crippen molar-refractivity contribution in [2.24, 2.45) is 5.92 Å². The average molecular weight is 401 g/mol. The van der Waals surface area contributed by atoms with Crippen molar-refractivity contribution in [1.29, 1.82) is 0 Å². The van der Waals surface area contributed by atoms with E-state index in [0.717, 1.165) is 12.8 Å². The van der Waals surface area contributed by atoms with Crippen LogP contribution in [0.2, 0.25) is 0 Å². The Kier molecular flexibility index (Phi) is 6.14. The summed E-state index contributed by atoms with van der Waals surface area (Å²) in [6.45, 7) is 2.14. The standard InChI is InChI=1S/C21H24N2O4S/c1-14-8-10-21(11-9-14,20(26)27-2)23-18(24)15-5-3-6-16(13-15)22-19(25)17-7-4-12-28-17/h3-7,12-14H,8-11H2,1-2H3,(H,22,25)(H,23,24). The van der Waals surface area contributed by atoms with Gasteiger partial charge in [0.1, 0.15) is 5.54 Å². The molecule has 1 aromatic heterocycles. The van der Waals surface area contributed by atoms with Crippen molar-refractivity contribution in [3.63, 3.8) is 0 Å². The highest BCUT2D eigenvalue weighted by Crippen LogP contribution is 2.33. The molecular weight excluding hydrogens is 376 g/mol. The zero-order valence-electron chi connectivity index (χ0n) is 16.0. The summed E-state index contributed by atoms with van der Waals surface area (Å²) in [7, 11) is 1.34. The lowest BCUT2D eigenvalue weighted by Crippen LogP contribution is -2.56. The third kappa shape index (κ3) is 4.42. The van der Waals surface area contributed by atoms with Gasteiger partial charge >= 0.3 is 5.97 Å². The minimum Gasteiger partial charge on any atom is -0.467 e. The summed E-state index contributed by atoms with van der Waals surface area (Å²) in [5.41, 5.74) is -0.0875. The van der Waals surface area contributed by atoms with Gasteiger partial charge in [0.25, 0.3) is 11.8 Å². The molecular formula is C21H24N2O4S. The second-order valence-electron chi connectivity index (χ2n) is 7.22. The lowest BCUT2D eigenvalue weighted by atomic mass is 9.77. The molecule has 0 bridgehead atoms. The summed E-state index contributed by atoms with van der Waals surface area (Å²) in [5, 5.41) is 7.53. The van der Waals surface area contributed by atoms with Crippen molar-refractivity contribution in [3.8, 4) is 0 Å². The van der Waals surface area contributed by atoms with E-state index in [4.69, 9.17) is 4.74 Å². The van der Waals surface area contributed by atoms with Crippen LogP contribution < -0.4 is 10.6 Å². The highest BCUT2D eigenvalue weighted by Gasteiger charge is 2.43. The quantitative estimate of drug-likeness (QED) is 0.747. The highest BCUT2D eigenvalue weighted by atomic mass is 32.1. The first-order valence-electron chi connectivity index (χ1n) is 9.29. The Morgan fingerprint density at radius 2 is 1.86 bits per heavy atom. The van der Waals surface area contributed by atoms with E-state index in [1.165, 1.54) is 18.4 Å². The molecule has 0 aliphatic heterocycles. The zero-order chi connectivity index (χ0) is 20.1. The third-order valence-electron chi connectivity index (χ3n) is 5.18. The van der Waals surface area contributed by atoms with E-state index in [2.05, 4.69) is 17.6 Å². The Morgan fingerprint density at radius 3 is 2.50 bits per heavy atom. The molecule has 3 rings (SSSR count). The summed E-state index contributed by atoms with van der Waals surface area (Å²) >= 11 is 1.35. The van der Waals surface area contributed by atoms with Crippen LogP contribution in [0, 0.1) is 5.92 Å². The fourth-order valence-corrected chi connectivity index (χ4v) is 4.08. The normalized spacial score (nSPS) is 21.6. The molecule has 0 unspecified atom stereocenters. The molecule has 148 valence electrons. The number of esters is 1. The molecule has 2 N–H and O–H groups in total. The number of amides is 2. The minimum absolute atomic E-state index is 0.222. The van der Waals surface area contributed by atoms with Gasteiger partial charge in [-0.3, -0.25) is 9.59 Å². The van der Waals surface area contributed by atoms with Gasteiger partial charge in [0.2, 0.25) is 0 Å². The molecule has 0 atom stereocenters. The van der Waals surface area contributed by atoms with E-state index < -0.39 is 11.5 Å². The molecule has 0 saturated heterocycles. The molecule has 1 aliphatic rings. The molecule has 1 fully saturated rings. The second-order valence-corrected chi connectivity index (χ2v) is 8.17. The van der Waals surface area contributed by atoms with E-state index in [9.17, 15) is 14.4 Å². The Hall–Kier alpha value is -2.67. The number of methoxy groups -OCH3 is 1.